The minimum Gasteiger partial charge on any atom is -0.497 e. The zero-order valence-corrected chi connectivity index (χ0v) is 18.7. The molecule has 8 nitrogen and oxygen atoms in total. The summed E-state index contributed by atoms with van der Waals surface area (Å²) in [5.41, 5.74) is 1.97. The average molecular weight is 440 g/mol. The second kappa shape index (κ2) is 10.6. The molecule has 0 bridgehead atoms. The number of carbonyl (C=O) groups excluding carboxylic acids is 2. The third-order valence-corrected chi connectivity index (χ3v) is 4.92. The van der Waals surface area contributed by atoms with Gasteiger partial charge in [-0.1, -0.05) is 13.0 Å². The molecule has 0 saturated carbocycles. The molecule has 1 atom stereocenters. The smallest absolute Gasteiger partial charge is 0.338 e. The Bertz CT molecular complexity index is 1000. The van der Waals surface area contributed by atoms with Crippen LogP contribution in [-0.2, 0) is 9.53 Å². The van der Waals surface area contributed by atoms with Crippen LogP contribution in [0.1, 0.15) is 37.4 Å². The molecule has 170 valence electrons. The van der Waals surface area contributed by atoms with Crippen LogP contribution >= 0.6 is 0 Å². The molecular weight excluding hydrogens is 412 g/mol. The predicted octanol–water partition coefficient (Wildman–Crippen LogP) is 3.82. The van der Waals surface area contributed by atoms with Gasteiger partial charge in [0.05, 0.1) is 44.7 Å². The number of methoxy groups -OCH3 is 2. The van der Waals surface area contributed by atoms with Gasteiger partial charge in [-0.05, 0) is 60.9 Å². The van der Waals surface area contributed by atoms with Crippen molar-refractivity contribution in [3.05, 3.63) is 59.2 Å². The van der Waals surface area contributed by atoms with Crippen molar-refractivity contribution in [3.63, 3.8) is 0 Å². The fourth-order valence-corrected chi connectivity index (χ4v) is 3.43. The van der Waals surface area contributed by atoms with Crippen LogP contribution in [0.25, 0.3) is 5.70 Å². The molecule has 2 amide bonds. The number of esters is 1. The van der Waals surface area contributed by atoms with Gasteiger partial charge in [0.1, 0.15) is 5.75 Å². The molecule has 2 N–H and O–H groups in total. The van der Waals surface area contributed by atoms with Crippen LogP contribution in [0.5, 0.6) is 17.2 Å². The number of carbonyl (C=O) groups is 2. The lowest BCUT2D eigenvalue weighted by Gasteiger charge is -2.29. The van der Waals surface area contributed by atoms with Crippen molar-refractivity contribution in [1.82, 2.24) is 10.6 Å². The summed E-state index contributed by atoms with van der Waals surface area (Å²) in [7, 11) is 2.88. The molecule has 8 heteroatoms. The van der Waals surface area contributed by atoms with Gasteiger partial charge in [-0.15, -0.1) is 0 Å². The van der Waals surface area contributed by atoms with Gasteiger partial charge in [0, 0.05) is 0 Å². The molecule has 2 aromatic rings. The second-order valence-electron chi connectivity index (χ2n) is 7.03. The van der Waals surface area contributed by atoms with Gasteiger partial charge in [0.15, 0.2) is 11.5 Å². The van der Waals surface area contributed by atoms with Gasteiger partial charge in [-0.25, -0.2) is 9.59 Å². The monoisotopic (exact) mass is 440 g/mol. The highest BCUT2D eigenvalue weighted by Crippen LogP contribution is 2.37. The van der Waals surface area contributed by atoms with E-state index in [0.717, 1.165) is 6.42 Å². The van der Waals surface area contributed by atoms with Crippen molar-refractivity contribution < 1.29 is 28.5 Å². The maximum Gasteiger partial charge on any atom is 0.338 e. The molecule has 1 unspecified atom stereocenters. The van der Waals surface area contributed by atoms with E-state index >= 15 is 0 Å². The summed E-state index contributed by atoms with van der Waals surface area (Å²) in [6.45, 7) is 4.90. The fourth-order valence-electron chi connectivity index (χ4n) is 3.43. The number of benzene rings is 2. The van der Waals surface area contributed by atoms with E-state index in [2.05, 4.69) is 10.6 Å². The first-order valence-electron chi connectivity index (χ1n) is 10.5. The Labute approximate surface area is 187 Å². The number of ether oxygens (including phenoxy) is 4. The Morgan fingerprint density at radius 3 is 2.38 bits per heavy atom. The highest BCUT2D eigenvalue weighted by molar-refractivity contribution is 6.04. The first-order valence-corrected chi connectivity index (χ1v) is 10.5. The molecule has 0 spiro atoms. The van der Waals surface area contributed by atoms with E-state index in [1.807, 2.05) is 13.8 Å². The molecule has 3 rings (SSSR count). The minimum absolute atomic E-state index is 0.280. The molecule has 0 saturated heterocycles. The third-order valence-electron chi connectivity index (χ3n) is 4.92. The molecule has 1 aliphatic heterocycles. The Morgan fingerprint density at radius 2 is 1.75 bits per heavy atom. The van der Waals surface area contributed by atoms with Gasteiger partial charge in [0.25, 0.3) is 0 Å². The zero-order valence-electron chi connectivity index (χ0n) is 18.7. The molecule has 2 aromatic carbocycles. The quantitative estimate of drug-likeness (QED) is 0.576. The van der Waals surface area contributed by atoms with Crippen molar-refractivity contribution in [1.29, 1.82) is 0 Å². The summed E-state index contributed by atoms with van der Waals surface area (Å²) in [6, 6.07) is 11.2. The Hall–Kier alpha value is -3.68. The Kier molecular flexibility index (Phi) is 7.59. The van der Waals surface area contributed by atoms with Crippen LogP contribution in [0.4, 0.5) is 4.79 Å². The van der Waals surface area contributed by atoms with E-state index in [4.69, 9.17) is 18.9 Å². The molecule has 0 aromatic heterocycles. The number of hydrogen-bond donors (Lipinski definition) is 2. The van der Waals surface area contributed by atoms with Gasteiger partial charge in [-0.3, -0.25) is 0 Å². The van der Waals surface area contributed by atoms with E-state index in [1.54, 1.807) is 49.6 Å². The van der Waals surface area contributed by atoms with E-state index in [9.17, 15) is 9.59 Å². The summed E-state index contributed by atoms with van der Waals surface area (Å²) < 4.78 is 21.8. The number of hydrogen-bond acceptors (Lipinski definition) is 6. The van der Waals surface area contributed by atoms with E-state index in [1.165, 1.54) is 7.11 Å². The third kappa shape index (κ3) is 4.96. The molecule has 0 radical (unpaired) electrons. The molecule has 1 heterocycles. The van der Waals surface area contributed by atoms with Gasteiger partial charge in [0.2, 0.25) is 0 Å². The first kappa shape index (κ1) is 23.0. The van der Waals surface area contributed by atoms with Crippen LogP contribution in [0.15, 0.2) is 48.0 Å². The van der Waals surface area contributed by atoms with Crippen molar-refractivity contribution in [2.45, 2.75) is 26.3 Å². The van der Waals surface area contributed by atoms with Crippen molar-refractivity contribution in [2.75, 3.05) is 27.4 Å². The largest absolute Gasteiger partial charge is 0.497 e. The van der Waals surface area contributed by atoms with Crippen LogP contribution in [-0.4, -0.2) is 39.4 Å². The van der Waals surface area contributed by atoms with Crippen LogP contribution in [0, 0.1) is 0 Å². The number of urea groups is 1. The van der Waals surface area contributed by atoms with Gasteiger partial charge in [-0.2, -0.15) is 0 Å². The topological polar surface area (TPSA) is 95.1 Å². The lowest BCUT2D eigenvalue weighted by molar-refractivity contribution is -0.136. The molecule has 1 aliphatic rings. The maximum atomic E-state index is 12.8. The molecular formula is C24H28N2O6. The minimum atomic E-state index is -0.743. The van der Waals surface area contributed by atoms with E-state index in [-0.39, 0.29) is 5.57 Å². The number of amides is 2. The van der Waals surface area contributed by atoms with Crippen LogP contribution < -0.4 is 24.8 Å². The van der Waals surface area contributed by atoms with Gasteiger partial charge >= 0.3 is 12.0 Å². The summed E-state index contributed by atoms with van der Waals surface area (Å²) in [6.07, 6.45) is 0.859. The SMILES string of the molecule is CCCOc1ccc(C2NC(=O)NC(c3ccc(OC)cc3)=C2C(=O)OC)cc1OCC. The second-order valence-corrected chi connectivity index (χ2v) is 7.03. The number of rotatable bonds is 9. The Balaban J connectivity index is 2.11. The van der Waals surface area contributed by atoms with Gasteiger partial charge < -0.3 is 29.6 Å². The van der Waals surface area contributed by atoms with Crippen LogP contribution in [0.3, 0.4) is 0 Å². The maximum absolute atomic E-state index is 12.8. The van der Waals surface area contributed by atoms with Crippen molar-refractivity contribution in [3.8, 4) is 17.2 Å². The Morgan fingerprint density at radius 1 is 1.00 bits per heavy atom. The zero-order chi connectivity index (χ0) is 23.1. The summed E-state index contributed by atoms with van der Waals surface area (Å²) >= 11 is 0. The highest BCUT2D eigenvalue weighted by atomic mass is 16.5. The first-order chi connectivity index (χ1) is 15.5. The lowest BCUT2D eigenvalue weighted by Crippen LogP contribution is -2.45. The highest BCUT2D eigenvalue weighted by Gasteiger charge is 2.34. The fraction of sp³-hybridized carbons (Fsp3) is 0.333. The normalized spacial score (nSPS) is 15.5. The predicted molar refractivity (Wildman–Crippen MR) is 120 cm³/mol. The summed E-state index contributed by atoms with van der Waals surface area (Å²) in [5, 5.41) is 5.57. The van der Waals surface area contributed by atoms with Crippen LogP contribution in [0.2, 0.25) is 0 Å². The van der Waals surface area contributed by atoms with E-state index < -0.39 is 18.0 Å². The molecule has 0 fully saturated rings. The average Bonchev–Trinajstić information content (AvgIpc) is 2.82. The lowest BCUT2D eigenvalue weighted by atomic mass is 9.92. The summed E-state index contributed by atoms with van der Waals surface area (Å²) in [5.74, 6) is 1.26. The molecule has 0 aliphatic carbocycles. The summed E-state index contributed by atoms with van der Waals surface area (Å²) in [4.78, 5) is 25.4. The molecule has 32 heavy (non-hydrogen) atoms. The van der Waals surface area contributed by atoms with Crippen molar-refractivity contribution >= 4 is 17.7 Å². The number of nitrogens with one attached hydrogen (secondary N) is 2. The standard InChI is InChI=1S/C24H28N2O6/c1-5-13-32-18-12-9-16(14-19(18)31-6-2)22-20(23(27)30-4)21(25-24(28)26-22)15-7-10-17(29-3)11-8-15/h7-12,14,22H,5-6,13H2,1-4H3,(H2,25,26,28). The van der Waals surface area contributed by atoms with E-state index in [0.29, 0.717) is 47.3 Å². The van der Waals surface area contributed by atoms with Crippen molar-refractivity contribution in [2.24, 2.45) is 0 Å².